The van der Waals surface area contributed by atoms with Crippen LogP contribution >= 0.6 is 11.6 Å². The van der Waals surface area contributed by atoms with Crippen molar-refractivity contribution in [3.63, 3.8) is 0 Å². The number of aromatic nitrogens is 2. The van der Waals surface area contributed by atoms with Crippen molar-refractivity contribution in [2.75, 3.05) is 0 Å². The molecule has 5 heteroatoms. The van der Waals surface area contributed by atoms with E-state index in [1.54, 1.807) is 4.68 Å². The summed E-state index contributed by atoms with van der Waals surface area (Å²) in [5.74, 6) is 0.346. The Kier molecular flexibility index (Phi) is 4.91. The zero-order chi connectivity index (χ0) is 16.4. The zero-order valence-electron chi connectivity index (χ0n) is 13.6. The van der Waals surface area contributed by atoms with E-state index in [0.29, 0.717) is 16.5 Å². The highest BCUT2D eigenvalue weighted by Crippen LogP contribution is 2.22. The molecule has 118 valence electrons. The number of rotatable bonds is 4. The van der Waals surface area contributed by atoms with Gasteiger partial charge in [-0.25, -0.2) is 4.68 Å². The smallest absolute Gasteiger partial charge is 0.251 e. The van der Waals surface area contributed by atoms with Crippen LogP contribution in [0, 0.1) is 19.8 Å². The fraction of sp³-hybridized carbons (Fsp3) is 0.412. The Labute approximate surface area is 136 Å². The van der Waals surface area contributed by atoms with E-state index in [1.165, 1.54) is 0 Å². The maximum Gasteiger partial charge on any atom is 0.251 e. The van der Waals surface area contributed by atoms with Crippen LogP contribution in [0.3, 0.4) is 0 Å². The largest absolute Gasteiger partial charge is 0.349 e. The molecule has 1 N–H and O–H groups in total. The first-order chi connectivity index (χ1) is 10.3. The third-order valence-electron chi connectivity index (χ3n) is 3.94. The normalized spacial score (nSPS) is 12.5. The molecule has 2 rings (SSSR count). The minimum absolute atomic E-state index is 0.0563. The van der Waals surface area contributed by atoms with Gasteiger partial charge in [-0.1, -0.05) is 25.4 Å². The first-order valence-corrected chi connectivity index (χ1v) is 7.82. The average molecular weight is 320 g/mol. The fourth-order valence-electron chi connectivity index (χ4n) is 2.09. The molecule has 0 aliphatic heterocycles. The van der Waals surface area contributed by atoms with Gasteiger partial charge < -0.3 is 5.32 Å². The third-order valence-corrected chi connectivity index (χ3v) is 4.48. The van der Waals surface area contributed by atoms with Crippen LogP contribution in [-0.2, 0) is 0 Å². The van der Waals surface area contributed by atoms with Crippen molar-refractivity contribution in [1.29, 1.82) is 0 Å². The summed E-state index contributed by atoms with van der Waals surface area (Å²) in [6, 6.07) is 7.52. The lowest BCUT2D eigenvalue weighted by molar-refractivity contribution is 0.0930. The van der Waals surface area contributed by atoms with E-state index in [9.17, 15) is 4.79 Å². The van der Waals surface area contributed by atoms with Gasteiger partial charge in [-0.2, -0.15) is 5.10 Å². The minimum atomic E-state index is -0.0563. The summed E-state index contributed by atoms with van der Waals surface area (Å²) in [4.78, 5) is 12.2. The monoisotopic (exact) mass is 319 g/mol. The van der Waals surface area contributed by atoms with Gasteiger partial charge in [0.25, 0.3) is 5.91 Å². The standard InChI is InChI=1S/C17H22ClN3O/c1-10(2)11(3)19-17(22)14-6-8-15(9-7-14)21-13(5)16(18)12(4)20-21/h6-11H,1-5H3,(H,19,22). The number of hydrogen-bond donors (Lipinski definition) is 1. The fourth-order valence-corrected chi connectivity index (χ4v) is 2.20. The Morgan fingerprint density at radius 3 is 2.23 bits per heavy atom. The molecule has 4 nitrogen and oxygen atoms in total. The van der Waals surface area contributed by atoms with E-state index in [1.807, 2.05) is 45.0 Å². The van der Waals surface area contributed by atoms with Gasteiger partial charge in [0, 0.05) is 11.6 Å². The summed E-state index contributed by atoms with van der Waals surface area (Å²) in [6.45, 7) is 9.98. The van der Waals surface area contributed by atoms with Gasteiger partial charge in [0.2, 0.25) is 0 Å². The van der Waals surface area contributed by atoms with Crippen LogP contribution in [0.1, 0.15) is 42.5 Å². The van der Waals surface area contributed by atoms with Crippen LogP contribution in [0.2, 0.25) is 5.02 Å². The highest BCUT2D eigenvalue weighted by Gasteiger charge is 2.14. The molecule has 1 unspecified atom stereocenters. The predicted molar refractivity (Wildman–Crippen MR) is 89.8 cm³/mol. The van der Waals surface area contributed by atoms with Crippen LogP contribution in [0.25, 0.3) is 5.69 Å². The van der Waals surface area contributed by atoms with E-state index >= 15 is 0 Å². The second kappa shape index (κ2) is 6.53. The number of amides is 1. The SMILES string of the molecule is Cc1nn(-c2ccc(C(=O)NC(C)C(C)C)cc2)c(C)c1Cl. The van der Waals surface area contributed by atoms with E-state index in [2.05, 4.69) is 24.3 Å². The predicted octanol–water partition coefficient (Wildman–Crippen LogP) is 3.92. The van der Waals surface area contributed by atoms with Crippen LogP contribution < -0.4 is 5.32 Å². The number of nitrogens with one attached hydrogen (secondary N) is 1. The lowest BCUT2D eigenvalue weighted by Gasteiger charge is -2.17. The second-order valence-electron chi connectivity index (χ2n) is 5.95. The summed E-state index contributed by atoms with van der Waals surface area (Å²) in [5.41, 5.74) is 3.22. The van der Waals surface area contributed by atoms with Gasteiger partial charge in [-0.05, 0) is 51.0 Å². The third kappa shape index (κ3) is 3.33. The molecule has 0 radical (unpaired) electrons. The number of halogens is 1. The Bertz CT molecular complexity index is 674. The molecule has 0 spiro atoms. The van der Waals surface area contributed by atoms with Crippen molar-refractivity contribution in [1.82, 2.24) is 15.1 Å². The number of benzene rings is 1. The van der Waals surface area contributed by atoms with Crippen LogP contribution in [0.4, 0.5) is 0 Å². The van der Waals surface area contributed by atoms with Crippen molar-refractivity contribution >= 4 is 17.5 Å². The van der Waals surface area contributed by atoms with Crippen LogP contribution in [-0.4, -0.2) is 21.7 Å². The molecule has 0 bridgehead atoms. The van der Waals surface area contributed by atoms with Crippen molar-refractivity contribution in [2.45, 2.75) is 40.7 Å². The Balaban J connectivity index is 2.20. The summed E-state index contributed by atoms with van der Waals surface area (Å²) < 4.78 is 1.79. The van der Waals surface area contributed by atoms with E-state index in [-0.39, 0.29) is 11.9 Å². The molecule has 0 aliphatic rings. The quantitative estimate of drug-likeness (QED) is 0.928. The first-order valence-electron chi connectivity index (χ1n) is 7.44. The topological polar surface area (TPSA) is 46.9 Å². The van der Waals surface area contributed by atoms with Crippen molar-refractivity contribution in [3.05, 3.63) is 46.2 Å². The highest BCUT2D eigenvalue weighted by molar-refractivity contribution is 6.31. The number of hydrogen-bond acceptors (Lipinski definition) is 2. The number of aryl methyl sites for hydroxylation is 1. The maximum atomic E-state index is 12.2. The second-order valence-corrected chi connectivity index (χ2v) is 6.33. The minimum Gasteiger partial charge on any atom is -0.349 e. The molecule has 2 aromatic rings. The van der Waals surface area contributed by atoms with E-state index < -0.39 is 0 Å². The maximum absolute atomic E-state index is 12.2. The number of carbonyl (C=O) groups excluding carboxylic acids is 1. The molecular weight excluding hydrogens is 298 g/mol. The van der Waals surface area contributed by atoms with E-state index in [0.717, 1.165) is 17.1 Å². The molecule has 1 atom stereocenters. The number of carbonyl (C=O) groups is 1. The summed E-state index contributed by atoms with van der Waals surface area (Å²) in [6.07, 6.45) is 0. The molecule has 1 heterocycles. The van der Waals surface area contributed by atoms with Gasteiger partial charge in [0.05, 0.1) is 22.1 Å². The zero-order valence-corrected chi connectivity index (χ0v) is 14.4. The Morgan fingerprint density at radius 2 is 1.77 bits per heavy atom. The molecule has 22 heavy (non-hydrogen) atoms. The molecule has 0 aliphatic carbocycles. The highest BCUT2D eigenvalue weighted by atomic mass is 35.5. The molecule has 1 aromatic carbocycles. The van der Waals surface area contributed by atoms with Crippen LogP contribution in [0.15, 0.2) is 24.3 Å². The molecule has 1 aromatic heterocycles. The van der Waals surface area contributed by atoms with Gasteiger partial charge in [-0.15, -0.1) is 0 Å². The van der Waals surface area contributed by atoms with Gasteiger partial charge in [0.15, 0.2) is 0 Å². The molecule has 0 saturated heterocycles. The Morgan fingerprint density at radius 1 is 1.18 bits per heavy atom. The van der Waals surface area contributed by atoms with Gasteiger partial charge >= 0.3 is 0 Å². The molecule has 1 amide bonds. The van der Waals surface area contributed by atoms with Crippen molar-refractivity contribution in [2.24, 2.45) is 5.92 Å². The summed E-state index contributed by atoms with van der Waals surface area (Å²) >= 11 is 6.17. The lowest BCUT2D eigenvalue weighted by Crippen LogP contribution is -2.36. The summed E-state index contributed by atoms with van der Waals surface area (Å²) in [5, 5.41) is 8.08. The molecule has 0 saturated carbocycles. The van der Waals surface area contributed by atoms with Crippen LogP contribution in [0.5, 0.6) is 0 Å². The van der Waals surface area contributed by atoms with Gasteiger partial charge in [0.1, 0.15) is 0 Å². The van der Waals surface area contributed by atoms with Crippen molar-refractivity contribution < 1.29 is 4.79 Å². The summed E-state index contributed by atoms with van der Waals surface area (Å²) in [7, 11) is 0. The van der Waals surface area contributed by atoms with E-state index in [4.69, 9.17) is 11.6 Å². The lowest BCUT2D eigenvalue weighted by atomic mass is 10.1. The number of nitrogens with zero attached hydrogens (tertiary/aromatic N) is 2. The Hall–Kier alpha value is -1.81. The average Bonchev–Trinajstić information content (AvgIpc) is 2.75. The van der Waals surface area contributed by atoms with Gasteiger partial charge in [-0.3, -0.25) is 4.79 Å². The first kappa shape index (κ1) is 16.6. The molecule has 0 fully saturated rings. The van der Waals surface area contributed by atoms with Crippen molar-refractivity contribution in [3.8, 4) is 5.69 Å². The molecular formula is C17H22ClN3O.